The van der Waals surface area contributed by atoms with Gasteiger partial charge < -0.3 is 10.2 Å². The third-order valence-electron chi connectivity index (χ3n) is 3.60. The minimum atomic E-state index is -0.697. The lowest BCUT2D eigenvalue weighted by Crippen LogP contribution is -2.66. The molecule has 4 nitrogen and oxygen atoms in total. The maximum Gasteiger partial charge on any atom is 0.253 e. The Morgan fingerprint density at radius 3 is 2.82 bits per heavy atom. The Bertz CT molecular complexity index is 467. The Hall–Kier alpha value is -1.36. The van der Waals surface area contributed by atoms with E-state index in [2.05, 4.69) is 5.32 Å². The number of carbonyl (C=O) groups is 2. The largest absolute Gasteiger partial charge is 0.340 e. The number of rotatable bonds is 2. The molecule has 0 spiro atoms. The summed E-state index contributed by atoms with van der Waals surface area (Å²) in [7, 11) is 0. The zero-order chi connectivity index (χ0) is 12.0. The number of anilines is 1. The number of hydrogen-bond acceptors (Lipinski definition) is 3. The van der Waals surface area contributed by atoms with E-state index in [1.807, 2.05) is 23.8 Å². The zero-order valence-corrected chi connectivity index (χ0v) is 10.4. The highest BCUT2D eigenvalue weighted by Crippen LogP contribution is 2.42. The molecule has 1 saturated heterocycles. The SMILES string of the molecule is CC1(C2CC2)NC(=O)CN(c2ccsc2)C1=O. The maximum absolute atomic E-state index is 12.5. The van der Waals surface area contributed by atoms with Gasteiger partial charge in [0, 0.05) is 5.38 Å². The molecule has 1 aliphatic carbocycles. The van der Waals surface area contributed by atoms with Crippen LogP contribution in [0.15, 0.2) is 16.8 Å². The van der Waals surface area contributed by atoms with Crippen LogP contribution in [0.5, 0.6) is 0 Å². The van der Waals surface area contributed by atoms with Gasteiger partial charge in [0.15, 0.2) is 0 Å². The Morgan fingerprint density at radius 1 is 1.47 bits per heavy atom. The van der Waals surface area contributed by atoms with Gasteiger partial charge in [-0.15, -0.1) is 0 Å². The van der Waals surface area contributed by atoms with Crippen LogP contribution in [0.1, 0.15) is 19.8 Å². The van der Waals surface area contributed by atoms with Crippen LogP contribution in [0, 0.1) is 5.92 Å². The smallest absolute Gasteiger partial charge is 0.253 e. The molecule has 1 atom stereocenters. The summed E-state index contributed by atoms with van der Waals surface area (Å²) < 4.78 is 0. The van der Waals surface area contributed by atoms with E-state index >= 15 is 0 Å². The van der Waals surface area contributed by atoms with Crippen LogP contribution in [0.4, 0.5) is 5.69 Å². The van der Waals surface area contributed by atoms with Gasteiger partial charge in [0.05, 0.1) is 5.69 Å². The van der Waals surface area contributed by atoms with E-state index in [1.54, 1.807) is 4.90 Å². The molecule has 2 heterocycles. The Kier molecular flexibility index (Phi) is 2.26. The van der Waals surface area contributed by atoms with Crippen LogP contribution in [0.3, 0.4) is 0 Å². The second-order valence-corrected chi connectivity index (χ2v) is 5.68. The second kappa shape index (κ2) is 3.57. The summed E-state index contributed by atoms with van der Waals surface area (Å²) in [5, 5.41) is 6.70. The van der Waals surface area contributed by atoms with Gasteiger partial charge in [-0.3, -0.25) is 9.59 Å². The minimum Gasteiger partial charge on any atom is -0.340 e. The number of carbonyl (C=O) groups excluding carboxylic acids is 2. The molecule has 1 N–H and O–H groups in total. The van der Waals surface area contributed by atoms with Crippen molar-refractivity contribution in [1.82, 2.24) is 5.32 Å². The van der Waals surface area contributed by atoms with Crippen LogP contribution in [-0.2, 0) is 9.59 Å². The zero-order valence-electron chi connectivity index (χ0n) is 9.60. The van der Waals surface area contributed by atoms with Crippen molar-refractivity contribution in [1.29, 1.82) is 0 Å². The Labute approximate surface area is 104 Å². The average Bonchev–Trinajstić information content (AvgIpc) is 3.01. The lowest BCUT2D eigenvalue weighted by Gasteiger charge is -2.39. The number of hydrogen-bond donors (Lipinski definition) is 1. The van der Waals surface area contributed by atoms with Crippen LogP contribution in [-0.4, -0.2) is 23.9 Å². The van der Waals surface area contributed by atoms with Crippen molar-refractivity contribution in [2.75, 3.05) is 11.4 Å². The van der Waals surface area contributed by atoms with Gasteiger partial charge in [0.25, 0.3) is 5.91 Å². The highest BCUT2D eigenvalue weighted by Gasteiger charge is 2.52. The number of amides is 2. The van der Waals surface area contributed by atoms with Crippen molar-refractivity contribution in [3.05, 3.63) is 16.8 Å². The van der Waals surface area contributed by atoms with Gasteiger partial charge in [0.2, 0.25) is 5.91 Å². The average molecular weight is 250 g/mol. The van der Waals surface area contributed by atoms with Gasteiger partial charge in [-0.05, 0) is 37.1 Å². The first-order chi connectivity index (χ1) is 8.11. The number of nitrogens with one attached hydrogen (secondary N) is 1. The Morgan fingerprint density at radius 2 is 2.24 bits per heavy atom. The molecule has 2 amide bonds. The first kappa shape index (κ1) is 10.8. The van der Waals surface area contributed by atoms with Crippen molar-refractivity contribution >= 4 is 28.8 Å². The van der Waals surface area contributed by atoms with Crippen molar-refractivity contribution < 1.29 is 9.59 Å². The highest BCUT2D eigenvalue weighted by molar-refractivity contribution is 7.08. The van der Waals surface area contributed by atoms with Gasteiger partial charge in [-0.1, -0.05) is 0 Å². The summed E-state index contributed by atoms with van der Waals surface area (Å²) in [6.07, 6.45) is 2.06. The summed E-state index contributed by atoms with van der Waals surface area (Å²) in [6.45, 7) is 1.99. The predicted octanol–water partition coefficient (Wildman–Crippen LogP) is 1.38. The lowest BCUT2D eigenvalue weighted by atomic mass is 9.91. The first-order valence-electron chi connectivity index (χ1n) is 5.76. The molecule has 2 fully saturated rings. The molecule has 0 aromatic carbocycles. The van der Waals surface area contributed by atoms with Crippen LogP contribution in [0.2, 0.25) is 0 Å². The third kappa shape index (κ3) is 1.65. The number of nitrogens with zero attached hydrogens (tertiary/aromatic N) is 1. The van der Waals surface area contributed by atoms with E-state index in [4.69, 9.17) is 0 Å². The van der Waals surface area contributed by atoms with E-state index < -0.39 is 5.54 Å². The molecule has 3 rings (SSSR count). The van der Waals surface area contributed by atoms with Crippen LogP contribution < -0.4 is 10.2 Å². The summed E-state index contributed by atoms with van der Waals surface area (Å²) in [6, 6.07) is 1.88. The third-order valence-corrected chi connectivity index (χ3v) is 4.27. The van der Waals surface area contributed by atoms with E-state index in [1.165, 1.54) is 11.3 Å². The molecule has 1 aromatic heterocycles. The van der Waals surface area contributed by atoms with Crippen molar-refractivity contribution in [2.45, 2.75) is 25.3 Å². The van der Waals surface area contributed by atoms with E-state index in [0.29, 0.717) is 5.92 Å². The molecule has 2 aliphatic rings. The molecule has 1 unspecified atom stereocenters. The van der Waals surface area contributed by atoms with Gasteiger partial charge in [-0.2, -0.15) is 11.3 Å². The molecule has 1 aromatic rings. The maximum atomic E-state index is 12.5. The molecular weight excluding hydrogens is 236 g/mol. The summed E-state index contributed by atoms with van der Waals surface area (Å²) in [5.74, 6) is 0.267. The summed E-state index contributed by atoms with van der Waals surface area (Å²) >= 11 is 1.54. The lowest BCUT2D eigenvalue weighted by molar-refractivity contribution is -0.136. The minimum absolute atomic E-state index is 0.0259. The predicted molar refractivity (Wildman–Crippen MR) is 65.9 cm³/mol. The standard InChI is InChI=1S/C12H14N2O2S/c1-12(8-2-3-8)11(16)14(6-10(15)13-12)9-4-5-17-7-9/h4-5,7-8H,2-3,6H2,1H3,(H,13,15). The van der Waals surface area contributed by atoms with Crippen molar-refractivity contribution in [3.8, 4) is 0 Å². The number of thiophene rings is 1. The van der Waals surface area contributed by atoms with E-state index in [9.17, 15) is 9.59 Å². The molecule has 17 heavy (non-hydrogen) atoms. The number of piperazine rings is 1. The molecule has 90 valence electrons. The second-order valence-electron chi connectivity index (χ2n) is 4.90. The fourth-order valence-electron chi connectivity index (χ4n) is 2.44. The highest BCUT2D eigenvalue weighted by atomic mass is 32.1. The molecule has 1 saturated carbocycles. The molecule has 1 aliphatic heterocycles. The molecular formula is C12H14N2O2S. The molecule has 5 heteroatoms. The van der Waals surface area contributed by atoms with Crippen molar-refractivity contribution in [3.63, 3.8) is 0 Å². The van der Waals surface area contributed by atoms with Crippen LogP contribution in [0.25, 0.3) is 0 Å². The monoisotopic (exact) mass is 250 g/mol. The quantitative estimate of drug-likeness (QED) is 0.862. The fourth-order valence-corrected chi connectivity index (χ4v) is 3.08. The van der Waals surface area contributed by atoms with Crippen molar-refractivity contribution in [2.24, 2.45) is 5.92 Å². The fraction of sp³-hybridized carbons (Fsp3) is 0.500. The summed E-state index contributed by atoms with van der Waals surface area (Å²) in [5.41, 5.74) is 0.138. The summed E-state index contributed by atoms with van der Waals surface area (Å²) in [4.78, 5) is 25.9. The van der Waals surface area contributed by atoms with Gasteiger partial charge in [-0.25, -0.2) is 0 Å². The molecule has 0 bridgehead atoms. The van der Waals surface area contributed by atoms with Crippen LogP contribution >= 0.6 is 11.3 Å². The Balaban J connectivity index is 1.95. The topological polar surface area (TPSA) is 49.4 Å². The normalized spacial score (nSPS) is 29.4. The van der Waals surface area contributed by atoms with E-state index in [0.717, 1.165) is 18.5 Å². The van der Waals surface area contributed by atoms with Gasteiger partial charge >= 0.3 is 0 Å². The first-order valence-corrected chi connectivity index (χ1v) is 6.71. The van der Waals surface area contributed by atoms with Gasteiger partial charge in [0.1, 0.15) is 12.1 Å². The van der Waals surface area contributed by atoms with E-state index in [-0.39, 0.29) is 18.4 Å². The molecule has 0 radical (unpaired) electrons.